The first-order valence-electron chi connectivity index (χ1n) is 9.05. The molecule has 0 fully saturated rings. The molecule has 6 nitrogen and oxygen atoms in total. The van der Waals surface area contributed by atoms with Gasteiger partial charge in [0.1, 0.15) is 0 Å². The molecule has 0 bridgehead atoms. The third-order valence-electron chi connectivity index (χ3n) is 4.09. The second-order valence-electron chi connectivity index (χ2n) is 6.23. The number of methoxy groups -OCH3 is 1. The van der Waals surface area contributed by atoms with Crippen molar-refractivity contribution < 1.29 is 14.3 Å². The van der Waals surface area contributed by atoms with Gasteiger partial charge in [-0.3, -0.25) is 9.59 Å². The lowest BCUT2D eigenvalue weighted by molar-refractivity contribution is -0.120. The minimum Gasteiger partial charge on any atom is -0.385 e. The highest BCUT2D eigenvalue weighted by Crippen LogP contribution is 2.12. The van der Waals surface area contributed by atoms with E-state index in [0.717, 1.165) is 17.7 Å². The van der Waals surface area contributed by atoms with Crippen LogP contribution in [0.5, 0.6) is 0 Å². The summed E-state index contributed by atoms with van der Waals surface area (Å²) in [5.74, 6) is -0.210. The molecule has 3 N–H and O–H groups in total. The first-order valence-corrected chi connectivity index (χ1v) is 9.05. The minimum absolute atomic E-state index is 0.0512. The number of carbonyl (C=O) groups is 2. The van der Waals surface area contributed by atoms with E-state index in [1.165, 1.54) is 0 Å². The molecule has 0 aliphatic heterocycles. The van der Waals surface area contributed by atoms with E-state index in [0.29, 0.717) is 18.7 Å². The molecule has 0 aliphatic carbocycles. The maximum absolute atomic E-state index is 12.1. The molecule has 144 valence electrons. The van der Waals surface area contributed by atoms with Gasteiger partial charge in [0.2, 0.25) is 5.91 Å². The second-order valence-corrected chi connectivity index (χ2v) is 6.23. The van der Waals surface area contributed by atoms with Crippen LogP contribution < -0.4 is 16.0 Å². The van der Waals surface area contributed by atoms with Crippen LogP contribution in [0.4, 0.5) is 5.69 Å². The number of ether oxygens (including phenoxy) is 1. The van der Waals surface area contributed by atoms with Gasteiger partial charge in [0, 0.05) is 31.5 Å². The van der Waals surface area contributed by atoms with Gasteiger partial charge in [-0.25, -0.2) is 0 Å². The Morgan fingerprint density at radius 2 is 1.74 bits per heavy atom. The molecule has 0 saturated carbocycles. The van der Waals surface area contributed by atoms with Crippen molar-refractivity contribution in [3.63, 3.8) is 0 Å². The maximum atomic E-state index is 12.1. The number of nitrogens with one attached hydrogen (secondary N) is 3. The Hall–Kier alpha value is -2.86. The van der Waals surface area contributed by atoms with E-state index in [2.05, 4.69) is 16.0 Å². The van der Waals surface area contributed by atoms with Crippen molar-refractivity contribution in [3.05, 3.63) is 65.7 Å². The van der Waals surface area contributed by atoms with Gasteiger partial charge in [-0.15, -0.1) is 0 Å². The minimum atomic E-state index is -0.118. The van der Waals surface area contributed by atoms with E-state index < -0.39 is 0 Å². The molecule has 0 aliphatic rings. The summed E-state index contributed by atoms with van der Waals surface area (Å²) < 4.78 is 4.95. The lowest BCUT2D eigenvalue weighted by Gasteiger charge is -2.15. The Labute approximate surface area is 160 Å². The summed E-state index contributed by atoms with van der Waals surface area (Å²) >= 11 is 0. The number of carbonyl (C=O) groups excluding carboxylic acids is 2. The first kappa shape index (κ1) is 20.5. The van der Waals surface area contributed by atoms with Gasteiger partial charge < -0.3 is 20.7 Å². The molecule has 2 aromatic carbocycles. The van der Waals surface area contributed by atoms with Crippen molar-refractivity contribution in [1.82, 2.24) is 10.6 Å². The average Bonchev–Trinajstić information content (AvgIpc) is 2.70. The highest BCUT2D eigenvalue weighted by molar-refractivity contribution is 5.94. The lowest BCUT2D eigenvalue weighted by atomic mass is 10.1. The van der Waals surface area contributed by atoms with E-state index in [9.17, 15) is 9.59 Å². The Bertz CT molecular complexity index is 717. The largest absolute Gasteiger partial charge is 0.385 e. The molecule has 2 aromatic rings. The molecule has 0 radical (unpaired) electrons. The fraction of sp³-hybridized carbons (Fsp3) is 0.333. The fourth-order valence-electron chi connectivity index (χ4n) is 2.56. The van der Waals surface area contributed by atoms with Crippen LogP contribution in [0.15, 0.2) is 54.6 Å². The van der Waals surface area contributed by atoms with Crippen molar-refractivity contribution in [1.29, 1.82) is 0 Å². The first-order chi connectivity index (χ1) is 13.1. The molecule has 0 heterocycles. The SMILES string of the molecule is COCCCNC(=O)c1ccc(NCC(=O)NC(C)c2ccccc2)cc1. The highest BCUT2D eigenvalue weighted by atomic mass is 16.5. The third kappa shape index (κ3) is 7.11. The van der Waals surface area contributed by atoms with Crippen LogP contribution in [0.2, 0.25) is 0 Å². The molecular formula is C21H27N3O3. The van der Waals surface area contributed by atoms with Crippen LogP contribution in [-0.4, -0.2) is 38.6 Å². The number of hydrogen-bond donors (Lipinski definition) is 3. The smallest absolute Gasteiger partial charge is 0.251 e. The molecule has 6 heteroatoms. The van der Waals surface area contributed by atoms with E-state index >= 15 is 0 Å². The number of anilines is 1. The maximum Gasteiger partial charge on any atom is 0.251 e. The number of benzene rings is 2. The summed E-state index contributed by atoms with van der Waals surface area (Å²) in [6, 6.07) is 16.8. The zero-order valence-electron chi connectivity index (χ0n) is 15.8. The summed E-state index contributed by atoms with van der Waals surface area (Å²) in [6.07, 6.45) is 0.776. The van der Waals surface area contributed by atoms with E-state index in [4.69, 9.17) is 4.74 Å². The summed E-state index contributed by atoms with van der Waals surface area (Å²) in [5, 5.41) is 8.86. The topological polar surface area (TPSA) is 79.5 Å². The molecule has 0 spiro atoms. The molecule has 0 aromatic heterocycles. The zero-order chi connectivity index (χ0) is 19.5. The van der Waals surface area contributed by atoms with Crippen LogP contribution in [0.3, 0.4) is 0 Å². The Morgan fingerprint density at radius 3 is 2.41 bits per heavy atom. The molecular weight excluding hydrogens is 342 g/mol. The zero-order valence-corrected chi connectivity index (χ0v) is 15.8. The quantitative estimate of drug-likeness (QED) is 0.563. The number of hydrogen-bond acceptors (Lipinski definition) is 4. The van der Waals surface area contributed by atoms with Crippen LogP contribution in [0.25, 0.3) is 0 Å². The van der Waals surface area contributed by atoms with Gasteiger partial charge in [0.05, 0.1) is 12.6 Å². The molecule has 0 saturated heterocycles. The van der Waals surface area contributed by atoms with Crippen molar-refractivity contribution in [2.75, 3.05) is 32.1 Å². The number of rotatable bonds is 10. The number of amides is 2. The standard InChI is InChI=1S/C21H27N3O3/c1-16(17-7-4-3-5-8-17)24-20(25)15-23-19-11-9-18(10-12-19)21(26)22-13-6-14-27-2/h3-5,7-12,16,23H,6,13-15H2,1-2H3,(H,22,26)(H,24,25). The van der Waals surface area contributed by atoms with Crippen molar-refractivity contribution in [3.8, 4) is 0 Å². The van der Waals surface area contributed by atoms with Crippen LogP contribution in [0, 0.1) is 0 Å². The van der Waals surface area contributed by atoms with Gasteiger partial charge in [-0.2, -0.15) is 0 Å². The molecule has 2 rings (SSSR count). The molecule has 1 atom stereocenters. The predicted octanol–water partition coefficient (Wildman–Crippen LogP) is 2.74. The van der Waals surface area contributed by atoms with Crippen molar-refractivity contribution in [2.24, 2.45) is 0 Å². The van der Waals surface area contributed by atoms with Gasteiger partial charge in [-0.05, 0) is 43.2 Å². The van der Waals surface area contributed by atoms with Crippen LogP contribution in [-0.2, 0) is 9.53 Å². The van der Waals surface area contributed by atoms with Gasteiger partial charge in [0.25, 0.3) is 5.91 Å². The third-order valence-corrected chi connectivity index (χ3v) is 4.09. The Balaban J connectivity index is 1.75. The molecule has 1 unspecified atom stereocenters. The van der Waals surface area contributed by atoms with Gasteiger partial charge >= 0.3 is 0 Å². The average molecular weight is 369 g/mol. The predicted molar refractivity (Wildman–Crippen MR) is 107 cm³/mol. The van der Waals surface area contributed by atoms with Gasteiger partial charge in [0.15, 0.2) is 0 Å². The molecule has 2 amide bonds. The van der Waals surface area contributed by atoms with Crippen LogP contribution >= 0.6 is 0 Å². The summed E-state index contributed by atoms with van der Waals surface area (Å²) in [6.45, 7) is 3.31. The highest BCUT2D eigenvalue weighted by Gasteiger charge is 2.09. The Morgan fingerprint density at radius 1 is 1.04 bits per heavy atom. The summed E-state index contributed by atoms with van der Waals surface area (Å²) in [7, 11) is 1.64. The van der Waals surface area contributed by atoms with Crippen LogP contribution in [0.1, 0.15) is 35.3 Å². The monoisotopic (exact) mass is 369 g/mol. The van der Waals surface area contributed by atoms with Crippen molar-refractivity contribution in [2.45, 2.75) is 19.4 Å². The van der Waals surface area contributed by atoms with Crippen molar-refractivity contribution >= 4 is 17.5 Å². The summed E-state index contributed by atoms with van der Waals surface area (Å²) in [4.78, 5) is 24.1. The fourth-order valence-corrected chi connectivity index (χ4v) is 2.56. The normalized spacial score (nSPS) is 11.5. The second kappa shape index (κ2) is 11.0. The van der Waals surface area contributed by atoms with Gasteiger partial charge in [-0.1, -0.05) is 30.3 Å². The Kier molecular flexibility index (Phi) is 8.32. The van der Waals surface area contributed by atoms with E-state index in [1.807, 2.05) is 37.3 Å². The van der Waals surface area contributed by atoms with E-state index in [-0.39, 0.29) is 24.4 Å². The van der Waals surface area contributed by atoms with E-state index in [1.54, 1.807) is 31.4 Å². The lowest BCUT2D eigenvalue weighted by Crippen LogP contribution is -2.32. The summed E-state index contributed by atoms with van der Waals surface area (Å²) in [5.41, 5.74) is 2.43. The molecule has 27 heavy (non-hydrogen) atoms.